The maximum atomic E-state index is 13.0. The predicted octanol–water partition coefficient (Wildman–Crippen LogP) is 2.57. The zero-order valence-corrected chi connectivity index (χ0v) is 12.3. The van der Waals surface area contributed by atoms with Gasteiger partial charge in [-0.25, -0.2) is 0 Å². The van der Waals surface area contributed by atoms with Gasteiger partial charge in [-0.05, 0) is 11.5 Å². The molecule has 0 unspecified atom stereocenters. The van der Waals surface area contributed by atoms with Crippen LogP contribution in [0.5, 0.6) is 0 Å². The average Bonchev–Trinajstić information content (AvgIpc) is 2.99. The summed E-state index contributed by atoms with van der Waals surface area (Å²) in [5, 5.41) is 10.3. The van der Waals surface area contributed by atoms with Crippen molar-refractivity contribution in [1.29, 1.82) is 0 Å². The summed E-state index contributed by atoms with van der Waals surface area (Å²) in [6.45, 7) is -1.16. The highest BCUT2D eigenvalue weighted by atomic mass is 19.4. The van der Waals surface area contributed by atoms with Crippen LogP contribution in [-0.2, 0) is 4.79 Å². The standard InChI is InChI=1S/C16H13F3N2O3/c17-16(18,19)12-8-21(7-11(12)15(23)24)14(22)13-10-4-2-1-3-9(10)5-6-20-13/h1-6,11-12H,7-8H2,(H,23,24)/t11-,12-/m1/s1. The number of alkyl halides is 3. The molecule has 5 nitrogen and oxygen atoms in total. The minimum absolute atomic E-state index is 0.0278. The van der Waals surface area contributed by atoms with Crippen LogP contribution in [0, 0.1) is 11.8 Å². The van der Waals surface area contributed by atoms with E-state index in [1.54, 1.807) is 30.3 Å². The number of halogens is 3. The molecule has 0 spiro atoms. The third kappa shape index (κ3) is 2.79. The van der Waals surface area contributed by atoms with Gasteiger partial charge in [0.05, 0.1) is 11.8 Å². The molecule has 8 heteroatoms. The summed E-state index contributed by atoms with van der Waals surface area (Å²) in [4.78, 5) is 28.6. The Kier molecular flexibility index (Phi) is 3.90. The average molecular weight is 338 g/mol. The molecule has 1 fully saturated rings. The summed E-state index contributed by atoms with van der Waals surface area (Å²) in [5.41, 5.74) is 0.0278. The number of aliphatic carboxylic acids is 1. The maximum absolute atomic E-state index is 13.0. The Bertz CT molecular complexity index is 801. The van der Waals surface area contributed by atoms with E-state index in [0.29, 0.717) is 5.39 Å². The number of carboxylic acids is 1. The molecule has 0 aliphatic carbocycles. The fourth-order valence-corrected chi connectivity index (χ4v) is 2.99. The van der Waals surface area contributed by atoms with Crippen molar-refractivity contribution in [2.45, 2.75) is 6.18 Å². The Hall–Kier alpha value is -2.64. The van der Waals surface area contributed by atoms with Crippen molar-refractivity contribution in [2.75, 3.05) is 13.1 Å². The normalized spacial score (nSPS) is 21.2. The van der Waals surface area contributed by atoms with Crippen molar-refractivity contribution >= 4 is 22.6 Å². The number of carboxylic acid groups (broad SMARTS) is 1. The summed E-state index contributed by atoms with van der Waals surface area (Å²) in [5.74, 6) is -5.99. The van der Waals surface area contributed by atoms with Crippen LogP contribution in [-0.4, -0.2) is 46.1 Å². The van der Waals surface area contributed by atoms with Gasteiger partial charge in [0.15, 0.2) is 0 Å². The van der Waals surface area contributed by atoms with E-state index >= 15 is 0 Å². The molecule has 2 atom stereocenters. The molecule has 24 heavy (non-hydrogen) atoms. The minimum atomic E-state index is -4.68. The first-order valence-corrected chi connectivity index (χ1v) is 7.21. The van der Waals surface area contributed by atoms with Gasteiger partial charge < -0.3 is 10.0 Å². The van der Waals surface area contributed by atoms with E-state index in [-0.39, 0.29) is 5.69 Å². The first-order chi connectivity index (χ1) is 11.3. The first-order valence-electron chi connectivity index (χ1n) is 7.21. The number of carbonyl (C=O) groups excluding carboxylic acids is 1. The number of carbonyl (C=O) groups is 2. The van der Waals surface area contributed by atoms with Gasteiger partial charge in [0, 0.05) is 24.7 Å². The number of hydrogen-bond donors (Lipinski definition) is 1. The highest BCUT2D eigenvalue weighted by Crippen LogP contribution is 2.38. The lowest BCUT2D eigenvalue weighted by molar-refractivity contribution is -0.187. The molecule has 1 aliphatic heterocycles. The molecule has 0 saturated carbocycles. The summed E-state index contributed by atoms with van der Waals surface area (Å²) >= 11 is 0. The Morgan fingerprint density at radius 3 is 2.50 bits per heavy atom. The number of aromatic nitrogens is 1. The highest BCUT2D eigenvalue weighted by Gasteiger charge is 2.53. The number of fused-ring (bicyclic) bond motifs is 1. The van der Waals surface area contributed by atoms with Crippen molar-refractivity contribution in [3.63, 3.8) is 0 Å². The Morgan fingerprint density at radius 1 is 1.17 bits per heavy atom. The SMILES string of the molecule is O=C(O)[C@@H]1CN(C(=O)c2nccc3ccccc23)C[C@H]1C(F)(F)F. The van der Waals surface area contributed by atoms with Crippen LogP contribution in [0.2, 0.25) is 0 Å². The molecule has 1 aromatic heterocycles. The molecule has 0 bridgehead atoms. The lowest BCUT2D eigenvalue weighted by atomic mass is 9.96. The van der Waals surface area contributed by atoms with E-state index in [1.165, 1.54) is 6.20 Å². The smallest absolute Gasteiger partial charge is 0.394 e. The van der Waals surface area contributed by atoms with Crippen LogP contribution < -0.4 is 0 Å². The number of rotatable bonds is 2. The van der Waals surface area contributed by atoms with Crippen molar-refractivity contribution in [3.05, 3.63) is 42.2 Å². The first kappa shape index (κ1) is 16.2. The molecule has 1 aromatic carbocycles. The fraction of sp³-hybridized carbons (Fsp3) is 0.312. The lowest BCUT2D eigenvalue weighted by Crippen LogP contribution is -2.34. The van der Waals surface area contributed by atoms with Crippen molar-refractivity contribution < 1.29 is 27.9 Å². The van der Waals surface area contributed by atoms with E-state index in [2.05, 4.69) is 4.98 Å². The molecule has 2 heterocycles. The zero-order chi connectivity index (χ0) is 17.5. The van der Waals surface area contributed by atoms with Crippen LogP contribution in [0.3, 0.4) is 0 Å². The quantitative estimate of drug-likeness (QED) is 0.914. The molecule has 2 aromatic rings. The van der Waals surface area contributed by atoms with Gasteiger partial charge in [-0.2, -0.15) is 13.2 Å². The molecule has 1 saturated heterocycles. The molecule has 1 aliphatic rings. The highest BCUT2D eigenvalue weighted by molar-refractivity contribution is 6.05. The number of pyridine rings is 1. The summed E-state index contributed by atoms with van der Waals surface area (Å²) in [6, 6.07) is 8.57. The molecule has 1 N–H and O–H groups in total. The van der Waals surface area contributed by atoms with Crippen LogP contribution in [0.1, 0.15) is 10.5 Å². The van der Waals surface area contributed by atoms with Crippen LogP contribution >= 0.6 is 0 Å². The number of benzene rings is 1. The summed E-state index contributed by atoms with van der Waals surface area (Å²) < 4.78 is 39.1. The molecule has 3 rings (SSSR count). The number of nitrogens with zero attached hydrogens (tertiary/aromatic N) is 2. The third-order valence-corrected chi connectivity index (χ3v) is 4.22. The second-order valence-corrected chi connectivity index (χ2v) is 5.68. The van der Waals surface area contributed by atoms with Gasteiger partial charge in [-0.15, -0.1) is 0 Å². The Morgan fingerprint density at radius 2 is 1.88 bits per heavy atom. The number of amides is 1. The molecule has 1 amide bonds. The third-order valence-electron chi connectivity index (χ3n) is 4.22. The Labute approximate surface area is 134 Å². The number of likely N-dealkylation sites (tertiary alicyclic amines) is 1. The predicted molar refractivity (Wildman–Crippen MR) is 78.3 cm³/mol. The van der Waals surface area contributed by atoms with E-state index < -0.39 is 43.0 Å². The van der Waals surface area contributed by atoms with E-state index in [1.807, 2.05) is 0 Å². The van der Waals surface area contributed by atoms with Crippen molar-refractivity contribution in [2.24, 2.45) is 11.8 Å². The van der Waals surface area contributed by atoms with Crippen LogP contribution in [0.15, 0.2) is 36.5 Å². The van der Waals surface area contributed by atoms with Gasteiger partial charge in [0.2, 0.25) is 0 Å². The van der Waals surface area contributed by atoms with Gasteiger partial charge in [0.25, 0.3) is 5.91 Å². The molecule has 0 radical (unpaired) electrons. The topological polar surface area (TPSA) is 70.5 Å². The molecular weight excluding hydrogens is 325 g/mol. The number of hydrogen-bond acceptors (Lipinski definition) is 3. The monoisotopic (exact) mass is 338 g/mol. The van der Waals surface area contributed by atoms with Crippen LogP contribution in [0.4, 0.5) is 13.2 Å². The van der Waals surface area contributed by atoms with Gasteiger partial charge in [-0.1, -0.05) is 24.3 Å². The van der Waals surface area contributed by atoms with Crippen molar-refractivity contribution in [1.82, 2.24) is 9.88 Å². The van der Waals surface area contributed by atoms with E-state index in [4.69, 9.17) is 5.11 Å². The fourth-order valence-electron chi connectivity index (χ4n) is 2.99. The van der Waals surface area contributed by atoms with Crippen LogP contribution in [0.25, 0.3) is 10.8 Å². The van der Waals surface area contributed by atoms with Crippen molar-refractivity contribution in [3.8, 4) is 0 Å². The largest absolute Gasteiger partial charge is 0.481 e. The maximum Gasteiger partial charge on any atom is 0.394 e. The Balaban J connectivity index is 1.94. The molecule has 126 valence electrons. The van der Waals surface area contributed by atoms with Gasteiger partial charge in [-0.3, -0.25) is 14.6 Å². The second-order valence-electron chi connectivity index (χ2n) is 5.68. The zero-order valence-electron chi connectivity index (χ0n) is 12.3. The van der Waals surface area contributed by atoms with Gasteiger partial charge in [0.1, 0.15) is 5.69 Å². The second kappa shape index (κ2) is 5.77. The summed E-state index contributed by atoms with van der Waals surface area (Å²) in [6.07, 6.45) is -3.27. The minimum Gasteiger partial charge on any atom is -0.481 e. The van der Waals surface area contributed by atoms with E-state index in [9.17, 15) is 22.8 Å². The van der Waals surface area contributed by atoms with Gasteiger partial charge >= 0.3 is 12.1 Å². The van der Waals surface area contributed by atoms with E-state index in [0.717, 1.165) is 10.3 Å². The summed E-state index contributed by atoms with van der Waals surface area (Å²) in [7, 11) is 0. The lowest BCUT2D eigenvalue weighted by Gasteiger charge is -2.18. The molecular formula is C16H13F3N2O3.